The zero-order chi connectivity index (χ0) is 17.5. The van der Waals surface area contributed by atoms with E-state index >= 15 is 0 Å². The highest BCUT2D eigenvalue weighted by atomic mass is 35.5. The molecule has 0 unspecified atom stereocenters. The van der Waals surface area contributed by atoms with Gasteiger partial charge in [-0.15, -0.1) is 0 Å². The van der Waals surface area contributed by atoms with Gasteiger partial charge in [-0.2, -0.15) is 0 Å². The Morgan fingerprint density at radius 1 is 1.12 bits per heavy atom. The number of aryl methyl sites for hydroxylation is 1. The zero-order valence-corrected chi connectivity index (χ0v) is 14.3. The van der Waals surface area contributed by atoms with E-state index in [-0.39, 0.29) is 0 Å². The zero-order valence-electron chi connectivity index (χ0n) is 13.6. The maximum absolute atomic E-state index is 11.9. The second kappa shape index (κ2) is 8.36. The van der Waals surface area contributed by atoms with E-state index in [1.807, 2.05) is 31.2 Å². The lowest BCUT2D eigenvalue weighted by molar-refractivity contribution is -0.136. The number of ether oxygens (including phenoxy) is 1. The van der Waals surface area contributed by atoms with Crippen molar-refractivity contribution in [1.82, 2.24) is 5.32 Å². The van der Waals surface area contributed by atoms with E-state index in [1.54, 1.807) is 25.3 Å². The van der Waals surface area contributed by atoms with Crippen molar-refractivity contribution >= 4 is 29.1 Å². The standard InChI is InChI=1S/C18H19ClN2O3/c1-12-7-8-14(11-15(12)19)21-18(23)17(22)20-10-9-13-5-3-4-6-16(13)24-2/h3-8,11H,9-10H2,1-2H3,(H,20,22)(H,21,23). The molecule has 2 aromatic carbocycles. The van der Waals surface area contributed by atoms with E-state index in [0.717, 1.165) is 16.9 Å². The van der Waals surface area contributed by atoms with Crippen LogP contribution in [0.4, 0.5) is 5.69 Å². The number of methoxy groups -OCH3 is 1. The molecule has 24 heavy (non-hydrogen) atoms. The second-order valence-electron chi connectivity index (χ2n) is 5.24. The van der Waals surface area contributed by atoms with Crippen LogP contribution in [0.25, 0.3) is 0 Å². The van der Waals surface area contributed by atoms with E-state index in [2.05, 4.69) is 10.6 Å². The van der Waals surface area contributed by atoms with Crippen LogP contribution in [0.2, 0.25) is 5.02 Å². The summed E-state index contributed by atoms with van der Waals surface area (Å²) in [5.74, 6) is -0.665. The minimum atomic E-state index is -0.727. The van der Waals surface area contributed by atoms with Gasteiger partial charge < -0.3 is 15.4 Å². The van der Waals surface area contributed by atoms with Crippen molar-refractivity contribution in [3.63, 3.8) is 0 Å². The Morgan fingerprint density at radius 2 is 1.88 bits per heavy atom. The summed E-state index contributed by atoms with van der Waals surface area (Å²) in [6, 6.07) is 12.6. The van der Waals surface area contributed by atoms with Gasteiger partial charge in [-0.25, -0.2) is 0 Å². The molecule has 0 fully saturated rings. The van der Waals surface area contributed by atoms with Gasteiger partial charge in [0.15, 0.2) is 0 Å². The molecule has 0 radical (unpaired) electrons. The number of benzene rings is 2. The quantitative estimate of drug-likeness (QED) is 0.818. The lowest BCUT2D eigenvalue weighted by atomic mass is 10.1. The molecule has 0 aliphatic rings. The number of rotatable bonds is 5. The van der Waals surface area contributed by atoms with Crippen LogP contribution >= 0.6 is 11.6 Å². The van der Waals surface area contributed by atoms with Gasteiger partial charge in [-0.1, -0.05) is 35.9 Å². The smallest absolute Gasteiger partial charge is 0.313 e. The first kappa shape index (κ1) is 17.8. The fraction of sp³-hybridized carbons (Fsp3) is 0.222. The maximum Gasteiger partial charge on any atom is 0.313 e. The van der Waals surface area contributed by atoms with Crippen molar-refractivity contribution in [2.45, 2.75) is 13.3 Å². The number of anilines is 1. The molecule has 0 spiro atoms. The van der Waals surface area contributed by atoms with Gasteiger partial charge in [-0.3, -0.25) is 9.59 Å². The molecule has 2 aromatic rings. The molecule has 2 amide bonds. The molecule has 0 bridgehead atoms. The molecule has 0 heterocycles. The Morgan fingerprint density at radius 3 is 2.58 bits per heavy atom. The first-order valence-corrected chi connectivity index (χ1v) is 7.86. The molecule has 0 saturated carbocycles. The first-order chi connectivity index (χ1) is 11.5. The monoisotopic (exact) mass is 346 g/mol. The minimum Gasteiger partial charge on any atom is -0.496 e. The highest BCUT2D eigenvalue weighted by molar-refractivity contribution is 6.39. The fourth-order valence-electron chi connectivity index (χ4n) is 2.16. The Balaban J connectivity index is 1.85. The van der Waals surface area contributed by atoms with Crippen molar-refractivity contribution < 1.29 is 14.3 Å². The minimum absolute atomic E-state index is 0.335. The van der Waals surface area contributed by atoms with Crippen LogP contribution in [0.1, 0.15) is 11.1 Å². The predicted octanol–water partition coefficient (Wildman–Crippen LogP) is 2.95. The fourth-order valence-corrected chi connectivity index (χ4v) is 2.34. The third-order valence-corrected chi connectivity index (χ3v) is 3.92. The average molecular weight is 347 g/mol. The lowest BCUT2D eigenvalue weighted by Crippen LogP contribution is -2.36. The van der Waals surface area contributed by atoms with Crippen LogP contribution in [-0.2, 0) is 16.0 Å². The van der Waals surface area contributed by atoms with E-state index in [9.17, 15) is 9.59 Å². The summed E-state index contributed by atoms with van der Waals surface area (Å²) in [6.45, 7) is 2.19. The summed E-state index contributed by atoms with van der Waals surface area (Å²) in [5, 5.41) is 5.64. The summed E-state index contributed by atoms with van der Waals surface area (Å²) in [7, 11) is 1.59. The molecule has 126 valence electrons. The van der Waals surface area contributed by atoms with Crippen LogP contribution in [0, 0.1) is 6.92 Å². The van der Waals surface area contributed by atoms with E-state index in [1.165, 1.54) is 0 Å². The maximum atomic E-state index is 11.9. The number of halogens is 1. The number of carbonyl (C=O) groups is 2. The van der Waals surface area contributed by atoms with Crippen molar-refractivity contribution in [3.8, 4) is 5.75 Å². The van der Waals surface area contributed by atoms with Crippen LogP contribution in [0.5, 0.6) is 5.75 Å². The van der Waals surface area contributed by atoms with Gasteiger partial charge in [0.1, 0.15) is 5.75 Å². The summed E-state index contributed by atoms with van der Waals surface area (Å²) in [5.41, 5.74) is 2.34. The SMILES string of the molecule is COc1ccccc1CCNC(=O)C(=O)Nc1ccc(C)c(Cl)c1. The van der Waals surface area contributed by atoms with Gasteiger partial charge in [-0.05, 0) is 42.7 Å². The average Bonchev–Trinajstić information content (AvgIpc) is 2.58. The van der Waals surface area contributed by atoms with Crippen molar-refractivity contribution in [3.05, 3.63) is 58.6 Å². The van der Waals surface area contributed by atoms with Crippen molar-refractivity contribution in [2.75, 3.05) is 19.0 Å². The molecule has 0 atom stereocenters. The molecule has 0 aliphatic heterocycles. The highest BCUT2D eigenvalue weighted by Gasteiger charge is 2.14. The molecule has 6 heteroatoms. The van der Waals surface area contributed by atoms with Crippen LogP contribution in [0.15, 0.2) is 42.5 Å². The van der Waals surface area contributed by atoms with Gasteiger partial charge >= 0.3 is 11.8 Å². The molecule has 0 aliphatic carbocycles. The van der Waals surface area contributed by atoms with Crippen LogP contribution < -0.4 is 15.4 Å². The van der Waals surface area contributed by atoms with Crippen LogP contribution in [0.3, 0.4) is 0 Å². The molecular formula is C18H19ClN2O3. The van der Waals surface area contributed by atoms with Gasteiger partial charge in [0.2, 0.25) is 0 Å². The van der Waals surface area contributed by atoms with Crippen LogP contribution in [-0.4, -0.2) is 25.5 Å². The van der Waals surface area contributed by atoms with Gasteiger partial charge in [0, 0.05) is 17.3 Å². The van der Waals surface area contributed by atoms with Crippen molar-refractivity contribution in [2.24, 2.45) is 0 Å². The third-order valence-electron chi connectivity index (χ3n) is 3.51. The predicted molar refractivity (Wildman–Crippen MR) is 94.5 cm³/mol. The Hall–Kier alpha value is -2.53. The van der Waals surface area contributed by atoms with E-state index in [0.29, 0.717) is 23.7 Å². The molecule has 0 saturated heterocycles. The number of hydrogen-bond donors (Lipinski definition) is 2. The Bertz CT molecular complexity index is 747. The summed E-state index contributed by atoms with van der Waals surface area (Å²) in [6.07, 6.45) is 0.569. The lowest BCUT2D eigenvalue weighted by Gasteiger charge is -2.09. The number of nitrogens with one attached hydrogen (secondary N) is 2. The van der Waals surface area contributed by atoms with Gasteiger partial charge in [0.25, 0.3) is 0 Å². The largest absolute Gasteiger partial charge is 0.496 e. The summed E-state index contributed by atoms with van der Waals surface area (Å²) >= 11 is 5.99. The normalized spacial score (nSPS) is 10.1. The van der Waals surface area contributed by atoms with Crippen molar-refractivity contribution in [1.29, 1.82) is 0 Å². The first-order valence-electron chi connectivity index (χ1n) is 7.48. The molecule has 2 rings (SSSR count). The molecular weight excluding hydrogens is 328 g/mol. The third kappa shape index (κ3) is 4.73. The number of para-hydroxylation sites is 1. The number of amides is 2. The van der Waals surface area contributed by atoms with E-state index < -0.39 is 11.8 Å². The second-order valence-corrected chi connectivity index (χ2v) is 5.64. The summed E-state index contributed by atoms with van der Waals surface area (Å²) in [4.78, 5) is 23.7. The number of hydrogen-bond acceptors (Lipinski definition) is 3. The molecule has 0 aromatic heterocycles. The highest BCUT2D eigenvalue weighted by Crippen LogP contribution is 2.20. The van der Waals surface area contributed by atoms with E-state index in [4.69, 9.17) is 16.3 Å². The molecule has 5 nitrogen and oxygen atoms in total. The van der Waals surface area contributed by atoms with Gasteiger partial charge in [0.05, 0.1) is 7.11 Å². The Labute approximate surface area is 146 Å². The summed E-state index contributed by atoms with van der Waals surface area (Å²) < 4.78 is 5.25. The molecule has 2 N–H and O–H groups in total. The number of carbonyl (C=O) groups excluding carboxylic acids is 2. The Kier molecular flexibility index (Phi) is 6.21. The topological polar surface area (TPSA) is 67.4 Å².